The highest BCUT2D eigenvalue weighted by molar-refractivity contribution is 8.18. The molecule has 1 aromatic heterocycles. The third kappa shape index (κ3) is 4.23. The summed E-state index contributed by atoms with van der Waals surface area (Å²) in [6.45, 7) is 0.153. The van der Waals surface area contributed by atoms with Gasteiger partial charge in [-0.2, -0.15) is 0 Å². The number of aromatic nitrogens is 1. The van der Waals surface area contributed by atoms with Crippen molar-refractivity contribution in [3.05, 3.63) is 63.4 Å². The lowest BCUT2D eigenvalue weighted by molar-refractivity contribution is -0.124. The molecular formula is C20H17N3O6S. The Morgan fingerprint density at radius 2 is 1.97 bits per heavy atom. The van der Waals surface area contributed by atoms with E-state index in [0.717, 1.165) is 16.7 Å². The number of pyridine rings is 1. The number of nitrogens with zero attached hydrogens (tertiary/aromatic N) is 2. The van der Waals surface area contributed by atoms with E-state index in [1.165, 1.54) is 16.8 Å². The van der Waals surface area contributed by atoms with E-state index in [2.05, 4.69) is 5.32 Å². The molecule has 1 saturated heterocycles. The van der Waals surface area contributed by atoms with Crippen molar-refractivity contribution < 1.29 is 23.9 Å². The zero-order valence-electron chi connectivity index (χ0n) is 15.7. The van der Waals surface area contributed by atoms with Gasteiger partial charge in [-0.1, -0.05) is 12.1 Å². The third-order valence-corrected chi connectivity index (χ3v) is 5.35. The molecule has 0 spiro atoms. The number of nitrogens with one attached hydrogen (secondary N) is 1. The van der Waals surface area contributed by atoms with E-state index in [1.54, 1.807) is 36.4 Å². The summed E-state index contributed by atoms with van der Waals surface area (Å²) in [4.78, 5) is 49.8. The van der Waals surface area contributed by atoms with Gasteiger partial charge in [0.15, 0.2) is 11.5 Å². The molecule has 0 radical (unpaired) electrons. The van der Waals surface area contributed by atoms with Gasteiger partial charge in [0.05, 0.1) is 4.91 Å². The number of ether oxygens (including phenoxy) is 2. The molecule has 10 heteroatoms. The Bertz CT molecular complexity index is 1110. The van der Waals surface area contributed by atoms with Crippen LogP contribution in [0.15, 0.2) is 52.3 Å². The lowest BCUT2D eigenvalue weighted by atomic mass is 10.2. The van der Waals surface area contributed by atoms with Crippen molar-refractivity contribution in [3.8, 4) is 11.5 Å². The molecule has 1 fully saturated rings. The van der Waals surface area contributed by atoms with Crippen LogP contribution in [0.4, 0.5) is 4.79 Å². The van der Waals surface area contributed by atoms with Gasteiger partial charge >= 0.3 is 0 Å². The Kier molecular flexibility index (Phi) is 5.57. The minimum absolute atomic E-state index is 0.0403. The first-order valence-electron chi connectivity index (χ1n) is 9.08. The SMILES string of the molecule is O=C(Cn1ccccc1=O)NCCN1C(=O)S/C(=C\c2ccc3c(c2)OCO3)C1=O. The molecule has 2 aliphatic heterocycles. The van der Waals surface area contributed by atoms with Gasteiger partial charge < -0.3 is 19.4 Å². The molecule has 154 valence electrons. The number of hydrogen-bond acceptors (Lipinski definition) is 7. The molecule has 4 rings (SSSR count). The molecule has 9 nitrogen and oxygen atoms in total. The first kappa shape index (κ1) is 19.8. The van der Waals surface area contributed by atoms with E-state index in [-0.39, 0.29) is 37.9 Å². The van der Waals surface area contributed by atoms with Gasteiger partial charge in [-0.15, -0.1) is 0 Å². The van der Waals surface area contributed by atoms with Gasteiger partial charge in [-0.05, 0) is 41.6 Å². The molecule has 0 saturated carbocycles. The van der Waals surface area contributed by atoms with Crippen molar-refractivity contribution >= 4 is 34.9 Å². The maximum atomic E-state index is 12.6. The summed E-state index contributed by atoms with van der Waals surface area (Å²) in [5, 5.41) is 2.21. The number of carbonyl (C=O) groups excluding carboxylic acids is 3. The zero-order valence-corrected chi connectivity index (χ0v) is 16.5. The van der Waals surface area contributed by atoms with Crippen LogP contribution < -0.4 is 20.3 Å². The van der Waals surface area contributed by atoms with Crippen molar-refractivity contribution in [1.82, 2.24) is 14.8 Å². The summed E-state index contributed by atoms with van der Waals surface area (Å²) < 4.78 is 11.8. The lowest BCUT2D eigenvalue weighted by Crippen LogP contribution is -2.39. The maximum absolute atomic E-state index is 12.6. The van der Waals surface area contributed by atoms with Crippen molar-refractivity contribution in [3.63, 3.8) is 0 Å². The Morgan fingerprint density at radius 3 is 2.80 bits per heavy atom. The molecular weight excluding hydrogens is 410 g/mol. The van der Waals surface area contributed by atoms with Crippen molar-refractivity contribution in [2.24, 2.45) is 0 Å². The van der Waals surface area contributed by atoms with Crippen LogP contribution >= 0.6 is 11.8 Å². The summed E-state index contributed by atoms with van der Waals surface area (Å²) in [5.41, 5.74) is 0.429. The molecule has 30 heavy (non-hydrogen) atoms. The number of fused-ring (bicyclic) bond motifs is 1. The largest absolute Gasteiger partial charge is 0.454 e. The van der Waals surface area contributed by atoms with Gasteiger partial charge in [0.2, 0.25) is 12.7 Å². The molecule has 0 unspecified atom stereocenters. The normalized spacial score (nSPS) is 16.4. The van der Waals surface area contributed by atoms with E-state index in [9.17, 15) is 19.2 Å². The molecule has 0 aliphatic carbocycles. The fraction of sp³-hybridized carbons (Fsp3) is 0.200. The van der Waals surface area contributed by atoms with Crippen LogP contribution in [0.1, 0.15) is 5.56 Å². The first-order chi connectivity index (χ1) is 14.5. The predicted octanol–water partition coefficient (Wildman–Crippen LogP) is 1.43. The highest BCUT2D eigenvalue weighted by Crippen LogP contribution is 2.36. The fourth-order valence-electron chi connectivity index (χ4n) is 2.96. The number of hydrogen-bond donors (Lipinski definition) is 1. The number of thioether (sulfide) groups is 1. The van der Waals surface area contributed by atoms with E-state index in [4.69, 9.17) is 9.47 Å². The number of rotatable bonds is 6. The van der Waals surface area contributed by atoms with Crippen LogP contribution in [0.25, 0.3) is 6.08 Å². The van der Waals surface area contributed by atoms with Crippen LogP contribution in [0, 0.1) is 0 Å². The minimum Gasteiger partial charge on any atom is -0.454 e. The van der Waals surface area contributed by atoms with Crippen LogP contribution in [0.2, 0.25) is 0 Å². The van der Waals surface area contributed by atoms with Crippen LogP contribution in [0.5, 0.6) is 11.5 Å². The summed E-state index contributed by atoms with van der Waals surface area (Å²) >= 11 is 0.842. The molecule has 3 amide bonds. The molecule has 0 bridgehead atoms. The lowest BCUT2D eigenvalue weighted by Gasteiger charge is -2.13. The first-order valence-corrected chi connectivity index (χ1v) is 9.90. The summed E-state index contributed by atoms with van der Waals surface area (Å²) in [7, 11) is 0. The van der Waals surface area contributed by atoms with Gasteiger partial charge in [0.25, 0.3) is 16.7 Å². The van der Waals surface area contributed by atoms with Crippen LogP contribution in [-0.2, 0) is 16.1 Å². The van der Waals surface area contributed by atoms with Crippen LogP contribution in [0.3, 0.4) is 0 Å². The standard InChI is InChI=1S/C20H17N3O6S/c24-17(11-22-7-2-1-3-18(22)25)21-6-8-23-19(26)16(30-20(23)27)10-13-4-5-14-15(9-13)29-12-28-14/h1-5,7,9-10H,6,8,11-12H2,(H,21,24)/b16-10-. The van der Waals surface area contributed by atoms with Crippen LogP contribution in [-0.4, -0.2) is 46.4 Å². The quantitative estimate of drug-likeness (QED) is 0.695. The second-order valence-corrected chi connectivity index (χ2v) is 7.46. The Morgan fingerprint density at radius 1 is 1.13 bits per heavy atom. The monoisotopic (exact) mass is 427 g/mol. The molecule has 2 aromatic rings. The highest BCUT2D eigenvalue weighted by Gasteiger charge is 2.34. The Balaban J connectivity index is 1.33. The van der Waals surface area contributed by atoms with Crippen molar-refractivity contribution in [2.75, 3.05) is 19.9 Å². The predicted molar refractivity (Wildman–Crippen MR) is 109 cm³/mol. The third-order valence-electron chi connectivity index (χ3n) is 4.44. The summed E-state index contributed by atoms with van der Waals surface area (Å²) in [5.74, 6) is 0.416. The molecule has 1 aromatic carbocycles. The number of imide groups is 1. The molecule has 1 N–H and O–H groups in total. The van der Waals surface area contributed by atoms with Crippen molar-refractivity contribution in [1.29, 1.82) is 0 Å². The number of amides is 3. The molecule has 2 aliphatic rings. The fourth-order valence-corrected chi connectivity index (χ4v) is 3.82. The van der Waals surface area contributed by atoms with E-state index in [0.29, 0.717) is 22.0 Å². The minimum atomic E-state index is -0.420. The molecule has 0 atom stereocenters. The number of carbonyl (C=O) groups is 3. The molecule has 3 heterocycles. The second kappa shape index (κ2) is 8.46. The van der Waals surface area contributed by atoms with Gasteiger partial charge in [0.1, 0.15) is 6.54 Å². The van der Waals surface area contributed by atoms with Crippen molar-refractivity contribution in [2.45, 2.75) is 6.54 Å². The van der Waals surface area contributed by atoms with Gasteiger partial charge in [0, 0.05) is 25.4 Å². The average Bonchev–Trinajstić information content (AvgIpc) is 3.29. The van der Waals surface area contributed by atoms with Gasteiger partial charge in [-0.3, -0.25) is 24.1 Å². The zero-order chi connectivity index (χ0) is 21.1. The second-order valence-electron chi connectivity index (χ2n) is 6.46. The maximum Gasteiger partial charge on any atom is 0.293 e. The topological polar surface area (TPSA) is 107 Å². The smallest absolute Gasteiger partial charge is 0.293 e. The van der Waals surface area contributed by atoms with E-state index < -0.39 is 11.1 Å². The number of benzene rings is 1. The van der Waals surface area contributed by atoms with E-state index in [1.807, 2.05) is 0 Å². The Hall–Kier alpha value is -3.53. The van der Waals surface area contributed by atoms with E-state index >= 15 is 0 Å². The highest BCUT2D eigenvalue weighted by atomic mass is 32.2. The van der Waals surface area contributed by atoms with Gasteiger partial charge in [-0.25, -0.2) is 0 Å². The summed E-state index contributed by atoms with van der Waals surface area (Å²) in [6.07, 6.45) is 3.13. The summed E-state index contributed by atoms with van der Waals surface area (Å²) in [6, 6.07) is 9.86. The Labute approximate surface area is 175 Å². The average molecular weight is 427 g/mol.